The Morgan fingerprint density at radius 3 is 1.60 bits per heavy atom. The second kappa shape index (κ2) is 9.55. The number of hydrogen-bond acceptors (Lipinski definition) is 0. The third-order valence-electron chi connectivity index (χ3n) is 9.68. The standard InChI is InChI=1S/C44H33N/c1-44(2,3)34-19-22-37-32(25-34)15-13-30-23-28(17-20-36(30)37)29-18-21-38-31(24-29)14-16-33-26-43-41(27-40(33)38)39-11-7-8-12-42(39)45(43)35-9-5-4-6-10-35/h4-27H,1-3H3. The van der Waals surface area contributed by atoms with Crippen molar-refractivity contribution in [3.63, 3.8) is 0 Å². The predicted octanol–water partition coefficient (Wildman–Crippen LogP) is 12.4. The quantitative estimate of drug-likeness (QED) is 0.181. The molecule has 0 aliphatic carbocycles. The molecular weight excluding hydrogens is 542 g/mol. The van der Waals surface area contributed by atoms with E-state index in [0.717, 1.165) is 0 Å². The third kappa shape index (κ3) is 4.08. The summed E-state index contributed by atoms with van der Waals surface area (Å²) in [5.74, 6) is 0. The molecule has 9 rings (SSSR count). The SMILES string of the molecule is CC(C)(C)c1ccc2c(ccc3cc(-c4ccc5c(ccc6cc7c(cc65)c5ccccc5n7-c5ccccc5)c4)ccc32)c1. The molecule has 9 aromatic rings. The van der Waals surface area contributed by atoms with Crippen molar-refractivity contribution in [2.24, 2.45) is 0 Å². The average molecular weight is 576 g/mol. The topological polar surface area (TPSA) is 4.93 Å². The van der Waals surface area contributed by atoms with Gasteiger partial charge in [-0.1, -0.05) is 124 Å². The van der Waals surface area contributed by atoms with E-state index in [9.17, 15) is 0 Å². The summed E-state index contributed by atoms with van der Waals surface area (Å²) in [7, 11) is 0. The molecule has 1 heteroatoms. The van der Waals surface area contributed by atoms with Gasteiger partial charge < -0.3 is 4.57 Å². The Morgan fingerprint density at radius 2 is 0.933 bits per heavy atom. The summed E-state index contributed by atoms with van der Waals surface area (Å²) in [6, 6.07) is 54.1. The van der Waals surface area contributed by atoms with Crippen LogP contribution in [0.2, 0.25) is 0 Å². The molecule has 0 amide bonds. The largest absolute Gasteiger partial charge is 0.309 e. The first kappa shape index (κ1) is 26.0. The molecule has 0 aliphatic heterocycles. The van der Waals surface area contributed by atoms with Crippen LogP contribution in [0.3, 0.4) is 0 Å². The zero-order valence-corrected chi connectivity index (χ0v) is 25.8. The Balaban J connectivity index is 1.18. The van der Waals surface area contributed by atoms with Crippen molar-refractivity contribution in [1.82, 2.24) is 4.57 Å². The lowest BCUT2D eigenvalue weighted by Crippen LogP contribution is -2.10. The maximum atomic E-state index is 2.40. The predicted molar refractivity (Wildman–Crippen MR) is 195 cm³/mol. The zero-order valence-electron chi connectivity index (χ0n) is 25.8. The number of aromatic nitrogens is 1. The number of fused-ring (bicyclic) bond motifs is 9. The number of rotatable bonds is 2. The Kier molecular flexibility index (Phi) is 5.53. The fourth-order valence-electron chi connectivity index (χ4n) is 7.28. The minimum absolute atomic E-state index is 0.140. The lowest BCUT2D eigenvalue weighted by molar-refractivity contribution is 0.591. The van der Waals surface area contributed by atoms with Crippen molar-refractivity contribution < 1.29 is 0 Å². The van der Waals surface area contributed by atoms with Crippen molar-refractivity contribution in [2.75, 3.05) is 0 Å². The summed E-state index contributed by atoms with van der Waals surface area (Å²) in [6.45, 7) is 6.83. The van der Waals surface area contributed by atoms with Crippen molar-refractivity contribution in [3.8, 4) is 16.8 Å². The molecule has 0 unspecified atom stereocenters. The smallest absolute Gasteiger partial charge is 0.0547 e. The number of benzene rings is 8. The second-order valence-electron chi connectivity index (χ2n) is 13.5. The highest BCUT2D eigenvalue weighted by Gasteiger charge is 2.16. The fourth-order valence-corrected chi connectivity index (χ4v) is 7.28. The van der Waals surface area contributed by atoms with E-state index in [2.05, 4.69) is 171 Å². The second-order valence-corrected chi connectivity index (χ2v) is 13.5. The molecule has 0 aliphatic rings. The highest BCUT2D eigenvalue weighted by atomic mass is 15.0. The lowest BCUT2D eigenvalue weighted by atomic mass is 9.85. The van der Waals surface area contributed by atoms with Gasteiger partial charge in [-0.05, 0) is 108 Å². The van der Waals surface area contributed by atoms with Gasteiger partial charge in [0.25, 0.3) is 0 Å². The molecule has 1 nitrogen and oxygen atoms in total. The Bertz CT molecular complexity index is 2610. The van der Waals surface area contributed by atoms with Crippen LogP contribution in [0.5, 0.6) is 0 Å². The molecule has 0 atom stereocenters. The van der Waals surface area contributed by atoms with E-state index in [4.69, 9.17) is 0 Å². The van der Waals surface area contributed by atoms with Crippen molar-refractivity contribution in [2.45, 2.75) is 26.2 Å². The van der Waals surface area contributed by atoms with Crippen LogP contribution in [0.1, 0.15) is 26.3 Å². The van der Waals surface area contributed by atoms with Crippen LogP contribution in [-0.2, 0) is 5.41 Å². The van der Waals surface area contributed by atoms with E-state index in [1.54, 1.807) is 0 Å². The van der Waals surface area contributed by atoms with Gasteiger partial charge in [0.2, 0.25) is 0 Å². The molecule has 0 spiro atoms. The zero-order chi connectivity index (χ0) is 30.3. The van der Waals surface area contributed by atoms with Crippen LogP contribution >= 0.6 is 0 Å². The number of nitrogens with zero attached hydrogens (tertiary/aromatic N) is 1. The maximum absolute atomic E-state index is 2.40. The molecule has 0 radical (unpaired) electrons. The molecule has 45 heavy (non-hydrogen) atoms. The van der Waals surface area contributed by atoms with Gasteiger partial charge in [-0.3, -0.25) is 0 Å². The van der Waals surface area contributed by atoms with E-state index in [1.165, 1.54) is 87.3 Å². The van der Waals surface area contributed by atoms with E-state index >= 15 is 0 Å². The van der Waals surface area contributed by atoms with Gasteiger partial charge in [0.15, 0.2) is 0 Å². The van der Waals surface area contributed by atoms with Crippen LogP contribution in [-0.4, -0.2) is 4.57 Å². The summed E-state index contributed by atoms with van der Waals surface area (Å²) < 4.78 is 2.39. The monoisotopic (exact) mass is 575 g/mol. The number of hydrogen-bond donors (Lipinski definition) is 0. The molecular formula is C44H33N. The van der Waals surface area contributed by atoms with Crippen molar-refractivity contribution >= 4 is 64.9 Å². The van der Waals surface area contributed by atoms with Crippen LogP contribution in [0, 0.1) is 0 Å². The minimum atomic E-state index is 0.140. The van der Waals surface area contributed by atoms with Crippen molar-refractivity contribution in [1.29, 1.82) is 0 Å². The molecule has 1 heterocycles. The summed E-state index contributed by atoms with van der Waals surface area (Å²) in [5, 5.41) is 12.9. The van der Waals surface area contributed by atoms with Gasteiger partial charge in [-0.15, -0.1) is 0 Å². The van der Waals surface area contributed by atoms with Gasteiger partial charge in [-0.25, -0.2) is 0 Å². The normalized spacial score (nSPS) is 12.3. The Labute approximate surface area is 263 Å². The average Bonchev–Trinajstić information content (AvgIpc) is 3.39. The van der Waals surface area contributed by atoms with E-state index in [0.29, 0.717) is 0 Å². The van der Waals surface area contributed by atoms with Crippen LogP contribution in [0.4, 0.5) is 0 Å². The Hall–Kier alpha value is -5.40. The van der Waals surface area contributed by atoms with Gasteiger partial charge in [-0.2, -0.15) is 0 Å². The summed E-state index contributed by atoms with van der Waals surface area (Å²) >= 11 is 0. The molecule has 214 valence electrons. The summed E-state index contributed by atoms with van der Waals surface area (Å²) in [6.07, 6.45) is 0. The summed E-state index contributed by atoms with van der Waals surface area (Å²) in [5.41, 5.74) is 7.67. The fraction of sp³-hybridized carbons (Fsp3) is 0.0909. The van der Waals surface area contributed by atoms with E-state index in [1.807, 2.05) is 0 Å². The minimum Gasteiger partial charge on any atom is -0.309 e. The van der Waals surface area contributed by atoms with Crippen molar-refractivity contribution in [3.05, 3.63) is 151 Å². The molecule has 8 aromatic carbocycles. The lowest BCUT2D eigenvalue weighted by Gasteiger charge is -2.20. The maximum Gasteiger partial charge on any atom is 0.0547 e. The molecule has 0 fully saturated rings. The van der Waals surface area contributed by atoms with Crippen LogP contribution in [0.25, 0.3) is 81.7 Å². The van der Waals surface area contributed by atoms with E-state index < -0.39 is 0 Å². The highest BCUT2D eigenvalue weighted by Crippen LogP contribution is 2.38. The summed E-state index contributed by atoms with van der Waals surface area (Å²) in [4.78, 5) is 0. The molecule has 1 aromatic heterocycles. The first-order chi connectivity index (χ1) is 21.9. The molecule has 0 bridgehead atoms. The molecule has 0 N–H and O–H groups in total. The van der Waals surface area contributed by atoms with Gasteiger partial charge in [0, 0.05) is 16.5 Å². The first-order valence-corrected chi connectivity index (χ1v) is 15.8. The van der Waals surface area contributed by atoms with Gasteiger partial charge in [0.1, 0.15) is 0 Å². The first-order valence-electron chi connectivity index (χ1n) is 15.8. The number of para-hydroxylation sites is 2. The van der Waals surface area contributed by atoms with Gasteiger partial charge >= 0.3 is 0 Å². The van der Waals surface area contributed by atoms with Crippen LogP contribution in [0.15, 0.2) is 146 Å². The molecule has 0 saturated heterocycles. The Morgan fingerprint density at radius 1 is 0.378 bits per heavy atom. The van der Waals surface area contributed by atoms with Crippen LogP contribution < -0.4 is 0 Å². The molecule has 0 saturated carbocycles. The highest BCUT2D eigenvalue weighted by molar-refractivity contribution is 6.18. The third-order valence-corrected chi connectivity index (χ3v) is 9.68. The van der Waals surface area contributed by atoms with Gasteiger partial charge in [0.05, 0.1) is 11.0 Å². The van der Waals surface area contributed by atoms with E-state index in [-0.39, 0.29) is 5.41 Å².